The van der Waals surface area contributed by atoms with Gasteiger partial charge in [0.05, 0.1) is 11.2 Å². The third kappa shape index (κ3) is 3.35. The Morgan fingerprint density at radius 3 is 2.31 bits per heavy atom. The van der Waals surface area contributed by atoms with Crippen LogP contribution in [0.2, 0.25) is 0 Å². The molecule has 7 nitrogen and oxygen atoms in total. The van der Waals surface area contributed by atoms with Crippen molar-refractivity contribution in [2.45, 2.75) is 6.92 Å². The van der Waals surface area contributed by atoms with E-state index in [0.717, 1.165) is 65.7 Å². The molecule has 0 bridgehead atoms. The van der Waals surface area contributed by atoms with Crippen molar-refractivity contribution in [1.82, 2.24) is 25.1 Å². The first-order chi connectivity index (χ1) is 14.3. The van der Waals surface area contributed by atoms with Crippen LogP contribution < -0.4 is 9.80 Å². The van der Waals surface area contributed by atoms with Gasteiger partial charge in [-0.05, 0) is 36.8 Å². The molecule has 5 rings (SSSR count). The first kappa shape index (κ1) is 17.5. The Kier molecular flexibility index (Phi) is 4.48. The molecule has 4 aromatic rings. The third-order valence-corrected chi connectivity index (χ3v) is 5.31. The van der Waals surface area contributed by atoms with Gasteiger partial charge in [0.1, 0.15) is 0 Å². The van der Waals surface area contributed by atoms with Gasteiger partial charge in [0.25, 0.3) is 0 Å². The lowest BCUT2D eigenvalue weighted by Gasteiger charge is -2.35. The van der Waals surface area contributed by atoms with E-state index in [0.29, 0.717) is 0 Å². The highest BCUT2D eigenvalue weighted by Gasteiger charge is 2.21. The molecule has 1 aliphatic rings. The quantitative estimate of drug-likeness (QED) is 0.538. The Morgan fingerprint density at radius 2 is 1.52 bits per heavy atom. The fraction of sp³-hybridized carbons (Fsp3) is 0.227. The minimum absolute atomic E-state index is 0.786. The Balaban J connectivity index is 1.38. The summed E-state index contributed by atoms with van der Waals surface area (Å²) in [5.74, 6) is 1.70. The van der Waals surface area contributed by atoms with Crippen LogP contribution in [0, 0.1) is 6.92 Å². The molecule has 0 unspecified atom stereocenters. The van der Waals surface area contributed by atoms with Crippen LogP contribution in [0.5, 0.6) is 0 Å². The molecule has 1 aromatic carbocycles. The van der Waals surface area contributed by atoms with E-state index < -0.39 is 0 Å². The molecule has 0 radical (unpaired) electrons. The molecule has 1 saturated heterocycles. The highest BCUT2D eigenvalue weighted by atomic mass is 15.3. The van der Waals surface area contributed by atoms with Crippen LogP contribution in [0.15, 0.2) is 61.1 Å². The zero-order valence-electron chi connectivity index (χ0n) is 16.2. The number of benzene rings is 1. The van der Waals surface area contributed by atoms with Crippen molar-refractivity contribution in [2.24, 2.45) is 0 Å². The zero-order chi connectivity index (χ0) is 19.6. The van der Waals surface area contributed by atoms with Gasteiger partial charge in [0.2, 0.25) is 5.95 Å². The van der Waals surface area contributed by atoms with E-state index in [2.05, 4.69) is 54.0 Å². The second kappa shape index (κ2) is 7.43. The number of hydrogen-bond donors (Lipinski definition) is 0. The van der Waals surface area contributed by atoms with Gasteiger partial charge in [0.15, 0.2) is 5.82 Å². The van der Waals surface area contributed by atoms with Crippen LogP contribution in [0.1, 0.15) is 5.56 Å². The van der Waals surface area contributed by atoms with Crippen molar-refractivity contribution in [2.75, 3.05) is 36.0 Å². The molecule has 29 heavy (non-hydrogen) atoms. The summed E-state index contributed by atoms with van der Waals surface area (Å²) >= 11 is 0. The van der Waals surface area contributed by atoms with Crippen LogP contribution in [-0.2, 0) is 0 Å². The first-order valence-corrected chi connectivity index (χ1v) is 9.75. The van der Waals surface area contributed by atoms with Crippen LogP contribution in [-0.4, -0.2) is 51.3 Å². The van der Waals surface area contributed by atoms with Crippen molar-refractivity contribution in [3.63, 3.8) is 0 Å². The Labute approximate surface area is 169 Å². The Hall–Kier alpha value is -3.61. The van der Waals surface area contributed by atoms with E-state index in [9.17, 15) is 0 Å². The van der Waals surface area contributed by atoms with Gasteiger partial charge in [-0.15, -0.1) is 10.2 Å². The molecule has 0 saturated carbocycles. The van der Waals surface area contributed by atoms with Gasteiger partial charge in [0, 0.05) is 55.7 Å². The minimum Gasteiger partial charge on any atom is -0.352 e. The molecule has 1 aliphatic heterocycles. The number of aryl methyl sites for hydroxylation is 1. The predicted octanol–water partition coefficient (Wildman–Crippen LogP) is 3.12. The second-order valence-electron chi connectivity index (χ2n) is 7.13. The SMILES string of the molecule is Cc1cc(N2CCN(c3ncccn3)CC2)nnc1-c1ccnc2ccccc12. The number of para-hydroxylation sites is 1. The summed E-state index contributed by atoms with van der Waals surface area (Å²) in [5, 5.41) is 10.2. The summed E-state index contributed by atoms with van der Waals surface area (Å²) in [7, 11) is 0. The Bertz CT molecular complexity index is 1130. The lowest BCUT2D eigenvalue weighted by atomic mass is 10.0. The van der Waals surface area contributed by atoms with E-state index in [1.165, 1.54) is 0 Å². The summed E-state index contributed by atoms with van der Waals surface area (Å²) in [6, 6.07) is 14.1. The molecule has 1 fully saturated rings. The molecule has 3 aromatic heterocycles. The Morgan fingerprint density at radius 1 is 0.759 bits per heavy atom. The molecule has 0 spiro atoms. The predicted molar refractivity (Wildman–Crippen MR) is 114 cm³/mol. The summed E-state index contributed by atoms with van der Waals surface area (Å²) < 4.78 is 0. The van der Waals surface area contributed by atoms with Gasteiger partial charge in [-0.25, -0.2) is 9.97 Å². The molecular weight excluding hydrogens is 362 g/mol. The van der Waals surface area contributed by atoms with Crippen molar-refractivity contribution in [3.05, 3.63) is 66.6 Å². The summed E-state index contributed by atoms with van der Waals surface area (Å²) in [4.78, 5) is 17.6. The molecule has 0 amide bonds. The maximum absolute atomic E-state index is 4.59. The summed E-state index contributed by atoms with van der Waals surface area (Å²) in [6.45, 7) is 5.55. The number of pyridine rings is 1. The minimum atomic E-state index is 0.786. The molecule has 7 heteroatoms. The monoisotopic (exact) mass is 383 g/mol. The summed E-state index contributed by atoms with van der Waals surface area (Å²) in [5.41, 5.74) is 4.05. The second-order valence-corrected chi connectivity index (χ2v) is 7.13. The highest BCUT2D eigenvalue weighted by molar-refractivity contribution is 5.93. The van der Waals surface area contributed by atoms with Crippen LogP contribution in [0.3, 0.4) is 0 Å². The molecule has 0 atom stereocenters. The lowest BCUT2D eigenvalue weighted by Crippen LogP contribution is -2.47. The molecule has 4 heterocycles. The smallest absolute Gasteiger partial charge is 0.225 e. The van der Waals surface area contributed by atoms with Gasteiger partial charge in [-0.1, -0.05) is 18.2 Å². The van der Waals surface area contributed by atoms with Crippen molar-refractivity contribution in [1.29, 1.82) is 0 Å². The molecule has 0 N–H and O–H groups in total. The van der Waals surface area contributed by atoms with E-state index in [4.69, 9.17) is 0 Å². The van der Waals surface area contributed by atoms with Crippen molar-refractivity contribution < 1.29 is 0 Å². The highest BCUT2D eigenvalue weighted by Crippen LogP contribution is 2.29. The third-order valence-electron chi connectivity index (χ3n) is 5.31. The number of rotatable bonds is 3. The van der Waals surface area contributed by atoms with Crippen LogP contribution in [0.4, 0.5) is 11.8 Å². The standard InChI is InChI=1S/C22H21N7/c1-16-15-20(28-11-13-29(14-12-28)22-24-8-4-9-25-22)26-27-21(16)18-7-10-23-19-6-3-2-5-17(18)19/h2-10,15H,11-14H2,1H3. The number of fused-ring (bicyclic) bond motifs is 1. The van der Waals surface area contributed by atoms with Gasteiger partial charge in [-0.3, -0.25) is 4.98 Å². The maximum Gasteiger partial charge on any atom is 0.225 e. The number of hydrogen-bond acceptors (Lipinski definition) is 7. The fourth-order valence-corrected chi connectivity index (χ4v) is 3.78. The number of anilines is 2. The average molecular weight is 383 g/mol. The van der Waals surface area contributed by atoms with Crippen molar-refractivity contribution >= 4 is 22.7 Å². The largest absolute Gasteiger partial charge is 0.352 e. The molecular formula is C22H21N7. The van der Waals surface area contributed by atoms with Gasteiger partial charge >= 0.3 is 0 Å². The fourth-order valence-electron chi connectivity index (χ4n) is 3.78. The van der Waals surface area contributed by atoms with Crippen molar-refractivity contribution in [3.8, 4) is 11.3 Å². The number of nitrogens with zero attached hydrogens (tertiary/aromatic N) is 7. The lowest BCUT2D eigenvalue weighted by molar-refractivity contribution is 0.631. The molecule has 144 valence electrons. The number of aromatic nitrogens is 5. The number of piperazine rings is 1. The average Bonchev–Trinajstić information content (AvgIpc) is 2.79. The molecule has 0 aliphatic carbocycles. The summed E-state index contributed by atoms with van der Waals surface area (Å²) in [6.07, 6.45) is 5.40. The van der Waals surface area contributed by atoms with Gasteiger partial charge < -0.3 is 9.80 Å². The van der Waals surface area contributed by atoms with Crippen LogP contribution in [0.25, 0.3) is 22.2 Å². The topological polar surface area (TPSA) is 70.9 Å². The van der Waals surface area contributed by atoms with E-state index in [1.54, 1.807) is 12.4 Å². The van der Waals surface area contributed by atoms with Gasteiger partial charge in [-0.2, -0.15) is 0 Å². The van der Waals surface area contributed by atoms with E-state index in [-0.39, 0.29) is 0 Å². The normalized spacial score (nSPS) is 14.4. The van der Waals surface area contributed by atoms with Crippen LogP contribution >= 0.6 is 0 Å². The first-order valence-electron chi connectivity index (χ1n) is 9.75. The van der Waals surface area contributed by atoms with E-state index in [1.807, 2.05) is 36.5 Å². The maximum atomic E-state index is 4.59. The van der Waals surface area contributed by atoms with E-state index >= 15 is 0 Å². The zero-order valence-corrected chi connectivity index (χ0v) is 16.2.